The Morgan fingerprint density at radius 1 is 1.59 bits per heavy atom. The lowest BCUT2D eigenvalue weighted by atomic mass is 10.2. The number of hydrogen-bond acceptors (Lipinski definition) is 3. The second kappa shape index (κ2) is 5.82. The molecule has 0 radical (unpaired) electrons. The van der Waals surface area contributed by atoms with Crippen LogP contribution in [0.3, 0.4) is 0 Å². The Morgan fingerprint density at radius 2 is 2.47 bits per heavy atom. The highest BCUT2D eigenvalue weighted by Gasteiger charge is 2.21. The van der Waals surface area contributed by atoms with E-state index in [2.05, 4.69) is 23.5 Å². The lowest BCUT2D eigenvalue weighted by Crippen LogP contribution is -2.30. The van der Waals surface area contributed by atoms with Crippen molar-refractivity contribution in [3.8, 4) is 5.75 Å². The van der Waals surface area contributed by atoms with Gasteiger partial charge in [-0.15, -0.1) is 6.58 Å². The Kier molecular flexibility index (Phi) is 4.15. The molecule has 2 rings (SSSR count). The minimum atomic E-state index is 0.554. The number of likely N-dealkylation sites (N-methyl/N-ethyl adjacent to an activating group) is 1. The molecule has 2 heterocycles. The van der Waals surface area contributed by atoms with Gasteiger partial charge in [0.25, 0.3) is 0 Å². The van der Waals surface area contributed by atoms with Gasteiger partial charge < -0.3 is 9.64 Å². The third-order valence-electron chi connectivity index (χ3n) is 3.26. The van der Waals surface area contributed by atoms with Gasteiger partial charge in [-0.25, -0.2) is 0 Å². The summed E-state index contributed by atoms with van der Waals surface area (Å²) in [5.41, 5.74) is 1.15. The highest BCUT2D eigenvalue weighted by Crippen LogP contribution is 2.17. The predicted octanol–water partition coefficient (Wildman–Crippen LogP) is 2.28. The molecule has 0 N–H and O–H groups in total. The van der Waals surface area contributed by atoms with Gasteiger partial charge in [-0.2, -0.15) is 0 Å². The monoisotopic (exact) mass is 232 g/mol. The van der Waals surface area contributed by atoms with Gasteiger partial charge >= 0.3 is 0 Å². The highest BCUT2D eigenvalue weighted by atomic mass is 16.5. The molecule has 1 aliphatic rings. The fraction of sp³-hybridized carbons (Fsp3) is 0.500. The summed E-state index contributed by atoms with van der Waals surface area (Å²) in [6, 6.07) is 2.60. The summed E-state index contributed by atoms with van der Waals surface area (Å²) >= 11 is 0. The fourth-order valence-electron chi connectivity index (χ4n) is 2.20. The average molecular weight is 232 g/mol. The summed E-state index contributed by atoms with van der Waals surface area (Å²) in [5.74, 6) is 0.865. The minimum absolute atomic E-state index is 0.554. The summed E-state index contributed by atoms with van der Waals surface area (Å²) in [6.07, 6.45) is 8.87. The van der Waals surface area contributed by atoms with Crippen LogP contribution in [0.1, 0.15) is 18.4 Å². The van der Waals surface area contributed by atoms with E-state index < -0.39 is 0 Å². The number of ether oxygens (including phenoxy) is 1. The van der Waals surface area contributed by atoms with Crippen LogP contribution in [0.25, 0.3) is 0 Å². The SMILES string of the molecule is C=CCc1cncc(OCC2CCCN2C)c1. The first-order valence-corrected chi connectivity index (χ1v) is 6.17. The lowest BCUT2D eigenvalue weighted by molar-refractivity contribution is 0.197. The number of nitrogens with zero attached hydrogens (tertiary/aromatic N) is 2. The zero-order chi connectivity index (χ0) is 12.1. The molecule has 17 heavy (non-hydrogen) atoms. The van der Waals surface area contributed by atoms with E-state index in [4.69, 9.17) is 4.74 Å². The lowest BCUT2D eigenvalue weighted by Gasteiger charge is -2.19. The van der Waals surface area contributed by atoms with Crippen molar-refractivity contribution in [1.82, 2.24) is 9.88 Å². The zero-order valence-corrected chi connectivity index (χ0v) is 10.4. The Morgan fingerprint density at radius 3 is 3.18 bits per heavy atom. The topological polar surface area (TPSA) is 25.4 Å². The van der Waals surface area contributed by atoms with Gasteiger partial charge in [0.1, 0.15) is 12.4 Å². The van der Waals surface area contributed by atoms with Crippen LogP contribution in [0.4, 0.5) is 0 Å². The van der Waals surface area contributed by atoms with Crippen LogP contribution in [0.2, 0.25) is 0 Å². The van der Waals surface area contributed by atoms with E-state index in [1.54, 1.807) is 6.20 Å². The largest absolute Gasteiger partial charge is 0.490 e. The molecule has 1 atom stereocenters. The van der Waals surface area contributed by atoms with E-state index in [0.717, 1.165) is 24.3 Å². The molecule has 1 saturated heterocycles. The minimum Gasteiger partial charge on any atom is -0.490 e. The van der Waals surface area contributed by atoms with Gasteiger partial charge in [0.05, 0.1) is 6.20 Å². The number of allylic oxidation sites excluding steroid dienone is 1. The number of rotatable bonds is 5. The first kappa shape index (κ1) is 12.1. The first-order valence-electron chi connectivity index (χ1n) is 6.17. The third kappa shape index (κ3) is 3.30. The van der Waals surface area contributed by atoms with Crippen LogP contribution < -0.4 is 4.74 Å². The standard InChI is InChI=1S/C14H20N2O/c1-3-5-12-8-14(10-15-9-12)17-11-13-6-4-7-16(13)2/h3,8-10,13H,1,4-7,11H2,2H3. The van der Waals surface area contributed by atoms with Gasteiger partial charge in [-0.3, -0.25) is 4.98 Å². The van der Waals surface area contributed by atoms with Gasteiger partial charge in [-0.1, -0.05) is 6.08 Å². The van der Waals surface area contributed by atoms with Gasteiger partial charge in [-0.05, 0) is 44.5 Å². The van der Waals surface area contributed by atoms with E-state index in [-0.39, 0.29) is 0 Å². The smallest absolute Gasteiger partial charge is 0.137 e. The second-order valence-corrected chi connectivity index (χ2v) is 4.61. The fourth-order valence-corrected chi connectivity index (χ4v) is 2.20. The first-order chi connectivity index (χ1) is 8.29. The molecule has 1 aromatic heterocycles. The maximum atomic E-state index is 5.81. The molecule has 0 amide bonds. The summed E-state index contributed by atoms with van der Waals surface area (Å²) in [7, 11) is 2.16. The maximum absolute atomic E-state index is 5.81. The molecule has 0 spiro atoms. The molecule has 1 aliphatic heterocycles. The van der Waals surface area contributed by atoms with E-state index in [1.807, 2.05) is 18.3 Å². The van der Waals surface area contributed by atoms with Crippen molar-refractivity contribution in [2.45, 2.75) is 25.3 Å². The normalized spacial score (nSPS) is 20.4. The van der Waals surface area contributed by atoms with Crippen LogP contribution in [-0.2, 0) is 6.42 Å². The maximum Gasteiger partial charge on any atom is 0.137 e. The average Bonchev–Trinajstić information content (AvgIpc) is 2.73. The Labute approximate surface area is 103 Å². The number of likely N-dealkylation sites (tertiary alicyclic amines) is 1. The molecule has 1 unspecified atom stereocenters. The van der Waals surface area contributed by atoms with Gasteiger partial charge in [0.15, 0.2) is 0 Å². The summed E-state index contributed by atoms with van der Waals surface area (Å²) in [4.78, 5) is 6.54. The predicted molar refractivity (Wildman–Crippen MR) is 69.3 cm³/mol. The molecule has 0 bridgehead atoms. The number of aromatic nitrogens is 1. The molecule has 0 saturated carbocycles. The van der Waals surface area contributed by atoms with Crippen LogP contribution in [-0.4, -0.2) is 36.1 Å². The molecule has 0 aliphatic carbocycles. The van der Waals surface area contributed by atoms with Crippen LogP contribution in [0.5, 0.6) is 5.75 Å². The van der Waals surface area contributed by atoms with Crippen molar-refractivity contribution in [2.75, 3.05) is 20.2 Å². The summed E-state index contributed by atoms with van der Waals surface area (Å²) in [5, 5.41) is 0. The van der Waals surface area contributed by atoms with Crippen LogP contribution in [0, 0.1) is 0 Å². The second-order valence-electron chi connectivity index (χ2n) is 4.61. The number of pyridine rings is 1. The van der Waals surface area contributed by atoms with Crippen molar-refractivity contribution in [1.29, 1.82) is 0 Å². The molecule has 1 fully saturated rings. The molecular weight excluding hydrogens is 212 g/mol. The van der Waals surface area contributed by atoms with E-state index >= 15 is 0 Å². The van der Waals surface area contributed by atoms with Crippen molar-refractivity contribution in [3.63, 3.8) is 0 Å². The van der Waals surface area contributed by atoms with Crippen molar-refractivity contribution in [2.24, 2.45) is 0 Å². The third-order valence-corrected chi connectivity index (χ3v) is 3.26. The van der Waals surface area contributed by atoms with E-state index in [0.29, 0.717) is 6.04 Å². The summed E-state index contributed by atoms with van der Waals surface area (Å²) in [6.45, 7) is 5.67. The molecule has 3 heteroatoms. The zero-order valence-electron chi connectivity index (χ0n) is 10.4. The van der Waals surface area contributed by atoms with Crippen molar-refractivity contribution < 1.29 is 4.74 Å². The van der Waals surface area contributed by atoms with Crippen molar-refractivity contribution in [3.05, 3.63) is 36.7 Å². The Bertz CT molecular complexity index is 378. The van der Waals surface area contributed by atoms with Gasteiger partial charge in [0.2, 0.25) is 0 Å². The van der Waals surface area contributed by atoms with Crippen LogP contribution in [0.15, 0.2) is 31.1 Å². The number of hydrogen-bond donors (Lipinski definition) is 0. The molecule has 1 aromatic rings. The molecule has 3 nitrogen and oxygen atoms in total. The molecule has 92 valence electrons. The van der Waals surface area contributed by atoms with Crippen molar-refractivity contribution >= 4 is 0 Å². The molecular formula is C14H20N2O. The summed E-state index contributed by atoms with van der Waals surface area (Å²) < 4.78 is 5.81. The quantitative estimate of drug-likeness (QED) is 0.728. The molecule has 0 aromatic carbocycles. The van der Waals surface area contributed by atoms with E-state index in [9.17, 15) is 0 Å². The Hall–Kier alpha value is -1.35. The van der Waals surface area contributed by atoms with Gasteiger partial charge in [0, 0.05) is 12.2 Å². The Balaban J connectivity index is 1.89. The highest BCUT2D eigenvalue weighted by molar-refractivity contribution is 5.24. The van der Waals surface area contributed by atoms with E-state index in [1.165, 1.54) is 19.4 Å². The van der Waals surface area contributed by atoms with Crippen LogP contribution >= 0.6 is 0 Å².